The first-order chi connectivity index (χ1) is 19.7. The molecule has 0 aromatic heterocycles. The van der Waals surface area contributed by atoms with Gasteiger partial charge in [-0.15, -0.1) is 0 Å². The molecule has 0 spiro atoms. The molecule has 2 fully saturated rings. The average molecular weight is 576 g/mol. The predicted octanol–water partition coefficient (Wildman–Crippen LogP) is 4.22. The maximum Gasteiger partial charge on any atom is 0.262 e. The lowest BCUT2D eigenvalue weighted by Crippen LogP contribution is -2.67. The van der Waals surface area contributed by atoms with Gasteiger partial charge in [0.2, 0.25) is 10.0 Å². The second-order valence-electron chi connectivity index (χ2n) is 11.5. The highest BCUT2D eigenvalue weighted by molar-refractivity contribution is 7.89. The molecule has 3 aliphatic rings. The van der Waals surface area contributed by atoms with Crippen molar-refractivity contribution in [2.45, 2.75) is 56.5 Å². The molecule has 9 heteroatoms. The van der Waals surface area contributed by atoms with Gasteiger partial charge in [-0.05, 0) is 79.6 Å². The Bertz CT molecular complexity index is 1590. The fourth-order valence-corrected chi connectivity index (χ4v) is 8.43. The van der Waals surface area contributed by atoms with Crippen LogP contribution >= 0.6 is 0 Å². The standard InChI is InChI=1S/C32H37N3O5S/c1-20-7-6-8-25(22(20)3)23-9-11-24(12-10-23)32-27-17-34(13-4-5-14-35(27)28(32)18-36)41(38,39)30-16-29-26(15-21(30)2)33-31(37)19-40-29/h6-12,15-16,27-28,32,36H,4-5,13-14,17-19H2,1-3H3,(H,33,37)/t27-,28+,32-/m0/s1. The van der Waals surface area contributed by atoms with E-state index < -0.39 is 10.0 Å². The molecule has 3 aromatic carbocycles. The van der Waals surface area contributed by atoms with Crippen LogP contribution in [0.4, 0.5) is 5.69 Å². The van der Waals surface area contributed by atoms with E-state index >= 15 is 0 Å². The molecule has 0 radical (unpaired) electrons. The Hall–Kier alpha value is -3.24. The average Bonchev–Trinajstić information content (AvgIpc) is 2.93. The number of carbonyl (C=O) groups excluding carboxylic acids is 1. The summed E-state index contributed by atoms with van der Waals surface area (Å²) in [4.78, 5) is 14.2. The summed E-state index contributed by atoms with van der Waals surface area (Å²) >= 11 is 0. The number of nitrogens with one attached hydrogen (secondary N) is 1. The lowest BCUT2D eigenvalue weighted by atomic mass is 9.74. The molecular weight excluding hydrogens is 538 g/mol. The summed E-state index contributed by atoms with van der Waals surface area (Å²) < 4.78 is 35.3. The van der Waals surface area contributed by atoms with Gasteiger partial charge in [-0.2, -0.15) is 4.31 Å². The summed E-state index contributed by atoms with van der Waals surface area (Å²) in [7, 11) is -3.83. The number of sulfonamides is 1. The third-order valence-corrected chi connectivity index (χ3v) is 11.1. The number of benzene rings is 3. The molecule has 0 saturated carbocycles. The molecule has 216 valence electrons. The minimum atomic E-state index is -3.83. The van der Waals surface area contributed by atoms with Crippen molar-refractivity contribution in [3.63, 3.8) is 0 Å². The molecule has 0 bridgehead atoms. The lowest BCUT2D eigenvalue weighted by Gasteiger charge is -2.57. The number of carbonyl (C=O) groups is 1. The zero-order chi connectivity index (χ0) is 28.9. The maximum absolute atomic E-state index is 14.1. The first-order valence-corrected chi connectivity index (χ1v) is 15.7. The molecule has 1 amide bonds. The number of aliphatic hydroxyl groups excluding tert-OH is 1. The fraction of sp³-hybridized carbons (Fsp3) is 0.406. The molecule has 8 nitrogen and oxygen atoms in total. The van der Waals surface area contributed by atoms with Crippen LogP contribution in [0.15, 0.2) is 59.5 Å². The minimum Gasteiger partial charge on any atom is -0.482 e. The molecule has 3 heterocycles. The van der Waals surface area contributed by atoms with Gasteiger partial charge in [0, 0.05) is 37.2 Å². The summed E-state index contributed by atoms with van der Waals surface area (Å²) in [6.07, 6.45) is 1.60. The predicted molar refractivity (Wildman–Crippen MR) is 159 cm³/mol. The van der Waals surface area contributed by atoms with Gasteiger partial charge in [0.05, 0.1) is 17.2 Å². The largest absolute Gasteiger partial charge is 0.482 e. The highest BCUT2D eigenvalue weighted by atomic mass is 32.2. The van der Waals surface area contributed by atoms with Gasteiger partial charge in [-0.25, -0.2) is 8.42 Å². The quantitative estimate of drug-likeness (QED) is 0.473. The Kier molecular flexibility index (Phi) is 7.40. The maximum atomic E-state index is 14.1. The third-order valence-electron chi connectivity index (χ3n) is 9.07. The summed E-state index contributed by atoms with van der Waals surface area (Å²) in [5.41, 5.74) is 7.04. The number of fused-ring (bicyclic) bond motifs is 2. The fourth-order valence-electron chi connectivity index (χ4n) is 6.71. The molecule has 3 atom stereocenters. The van der Waals surface area contributed by atoms with E-state index in [-0.39, 0.29) is 42.0 Å². The van der Waals surface area contributed by atoms with Crippen molar-refractivity contribution < 1.29 is 23.1 Å². The number of hydrogen-bond acceptors (Lipinski definition) is 6. The summed E-state index contributed by atoms with van der Waals surface area (Å²) in [6.45, 7) is 7.51. The smallest absolute Gasteiger partial charge is 0.262 e. The number of rotatable bonds is 5. The Morgan fingerprint density at radius 2 is 1.76 bits per heavy atom. The van der Waals surface area contributed by atoms with Crippen LogP contribution in [0.1, 0.15) is 41.0 Å². The number of anilines is 1. The third kappa shape index (κ3) is 4.95. The van der Waals surface area contributed by atoms with Gasteiger partial charge >= 0.3 is 0 Å². The van der Waals surface area contributed by atoms with Crippen LogP contribution in [0.25, 0.3) is 11.1 Å². The number of aliphatic hydroxyl groups is 1. The number of aryl methyl sites for hydroxylation is 2. The van der Waals surface area contributed by atoms with E-state index in [9.17, 15) is 18.3 Å². The van der Waals surface area contributed by atoms with E-state index in [1.54, 1.807) is 17.3 Å². The Morgan fingerprint density at radius 1 is 1.00 bits per heavy atom. The van der Waals surface area contributed by atoms with Crippen molar-refractivity contribution in [2.24, 2.45) is 0 Å². The van der Waals surface area contributed by atoms with Gasteiger partial charge in [0.25, 0.3) is 5.91 Å². The van der Waals surface area contributed by atoms with Crippen molar-refractivity contribution in [3.05, 3.63) is 76.9 Å². The van der Waals surface area contributed by atoms with Gasteiger partial charge < -0.3 is 15.2 Å². The molecule has 41 heavy (non-hydrogen) atoms. The molecule has 0 unspecified atom stereocenters. The van der Waals surface area contributed by atoms with Crippen molar-refractivity contribution in [2.75, 3.05) is 38.2 Å². The zero-order valence-electron chi connectivity index (χ0n) is 23.8. The summed E-state index contributed by atoms with van der Waals surface area (Å²) in [5.74, 6) is 0.132. The summed E-state index contributed by atoms with van der Waals surface area (Å²) in [5, 5.41) is 13.1. The van der Waals surface area contributed by atoms with E-state index in [0.29, 0.717) is 30.1 Å². The van der Waals surface area contributed by atoms with Crippen LogP contribution in [-0.2, 0) is 14.8 Å². The van der Waals surface area contributed by atoms with Crippen LogP contribution in [0, 0.1) is 20.8 Å². The second-order valence-corrected chi connectivity index (χ2v) is 13.4. The van der Waals surface area contributed by atoms with Crippen LogP contribution in [-0.4, -0.2) is 73.6 Å². The molecule has 0 aliphatic carbocycles. The Morgan fingerprint density at radius 3 is 2.51 bits per heavy atom. The Balaban J connectivity index is 1.29. The minimum absolute atomic E-state index is 0.0200. The highest BCUT2D eigenvalue weighted by Crippen LogP contribution is 2.43. The SMILES string of the molecule is Cc1cc2c(cc1S(=O)(=O)N1CCCCN3[C@H](CO)[C@@H](c4ccc(-c5cccc(C)c5C)cc4)[C@@H]3C1)OCC(=O)N2. The Labute approximate surface area is 242 Å². The molecule has 3 aromatic rings. The number of hydrogen-bond donors (Lipinski definition) is 2. The van der Waals surface area contributed by atoms with E-state index in [0.717, 1.165) is 30.5 Å². The van der Waals surface area contributed by atoms with Crippen LogP contribution in [0.2, 0.25) is 0 Å². The lowest BCUT2D eigenvalue weighted by molar-refractivity contribution is -0.118. The van der Waals surface area contributed by atoms with E-state index in [4.69, 9.17) is 4.74 Å². The second kappa shape index (κ2) is 10.9. The summed E-state index contributed by atoms with van der Waals surface area (Å²) in [6, 6.07) is 18.0. The first kappa shape index (κ1) is 27.9. The van der Waals surface area contributed by atoms with Gasteiger partial charge in [0.15, 0.2) is 6.61 Å². The van der Waals surface area contributed by atoms with E-state index in [1.165, 1.54) is 22.8 Å². The van der Waals surface area contributed by atoms with Crippen molar-refractivity contribution in [1.82, 2.24) is 9.21 Å². The molecule has 2 saturated heterocycles. The zero-order valence-corrected chi connectivity index (χ0v) is 24.6. The highest BCUT2D eigenvalue weighted by Gasteiger charge is 2.50. The first-order valence-electron chi connectivity index (χ1n) is 14.3. The van der Waals surface area contributed by atoms with Crippen LogP contribution in [0.3, 0.4) is 0 Å². The van der Waals surface area contributed by atoms with Gasteiger partial charge in [0.1, 0.15) is 5.75 Å². The molecule has 3 aliphatic heterocycles. The van der Waals surface area contributed by atoms with Gasteiger partial charge in [-0.1, -0.05) is 42.5 Å². The normalized spacial score (nSPS) is 23.3. The van der Waals surface area contributed by atoms with Crippen molar-refractivity contribution >= 4 is 21.6 Å². The molecule has 6 rings (SSSR count). The molecular formula is C32H37N3O5S. The van der Waals surface area contributed by atoms with E-state index in [2.05, 4.69) is 66.5 Å². The molecule has 2 N–H and O–H groups in total. The van der Waals surface area contributed by atoms with Crippen LogP contribution < -0.4 is 10.1 Å². The number of nitrogens with zero attached hydrogens (tertiary/aromatic N) is 2. The van der Waals surface area contributed by atoms with Crippen LogP contribution in [0.5, 0.6) is 5.75 Å². The van der Waals surface area contributed by atoms with E-state index in [1.807, 2.05) is 0 Å². The topological polar surface area (TPSA) is 99.2 Å². The number of amides is 1. The van der Waals surface area contributed by atoms with Crippen molar-refractivity contribution in [1.29, 1.82) is 0 Å². The van der Waals surface area contributed by atoms with Gasteiger partial charge in [-0.3, -0.25) is 9.69 Å². The monoisotopic (exact) mass is 575 g/mol. The van der Waals surface area contributed by atoms with Crippen molar-refractivity contribution in [3.8, 4) is 16.9 Å². The number of ether oxygens (including phenoxy) is 1.